The summed E-state index contributed by atoms with van der Waals surface area (Å²) in [5.41, 5.74) is 0.0821. The number of carbonyl (C=O) groups excluding carboxylic acids is 3. The van der Waals surface area contributed by atoms with Crippen LogP contribution in [-0.4, -0.2) is 78.0 Å². The molecule has 3 atom stereocenters. The highest BCUT2D eigenvalue weighted by atomic mass is 32.2. The van der Waals surface area contributed by atoms with Gasteiger partial charge in [0.05, 0.1) is 18.0 Å². The average molecular weight is 559 g/mol. The first-order chi connectivity index (χ1) is 18.2. The van der Waals surface area contributed by atoms with E-state index >= 15 is 0 Å². The van der Waals surface area contributed by atoms with Gasteiger partial charge in [-0.05, 0) is 30.4 Å². The Morgan fingerprint density at radius 3 is 2.46 bits per heavy atom. The van der Waals surface area contributed by atoms with Crippen molar-refractivity contribution in [1.29, 1.82) is 0 Å². The number of aliphatic carboxylic acids is 1. The Morgan fingerprint density at radius 1 is 1.13 bits per heavy atom. The molecular formula is C27H34N4O7S. The number of carboxylic acids is 1. The molecule has 1 aromatic carbocycles. The van der Waals surface area contributed by atoms with Crippen LogP contribution in [0.3, 0.4) is 0 Å². The fourth-order valence-corrected chi connectivity index (χ4v) is 4.86. The standard InChI is InChI=1S/C27H34N4O7S/c1-27(2,3)23(30-24(34)20-12-11-17-8-5-6-9-19(17)29-20)26(36)31-14-7-10-21(31)25(35)28-18(16-22(32)33)13-15-39(4,37)38/h5-6,8-9,11-13,15,18,21,23H,7,10,14,16H2,1-4H3,(H,28,35)(H,30,34)(H,32,33)/b15-13+/t18-,21-,23-/m1/s1. The number of sulfone groups is 1. The molecule has 12 heteroatoms. The first-order valence-corrected chi connectivity index (χ1v) is 14.5. The van der Waals surface area contributed by atoms with Crippen molar-refractivity contribution in [2.24, 2.45) is 5.41 Å². The molecule has 39 heavy (non-hydrogen) atoms. The van der Waals surface area contributed by atoms with E-state index in [2.05, 4.69) is 15.6 Å². The molecule has 0 saturated carbocycles. The van der Waals surface area contributed by atoms with Crippen LogP contribution in [0.15, 0.2) is 47.9 Å². The molecule has 1 aliphatic rings. The molecule has 2 heterocycles. The topological polar surface area (TPSA) is 163 Å². The van der Waals surface area contributed by atoms with Gasteiger partial charge in [-0.3, -0.25) is 19.2 Å². The molecule has 1 saturated heterocycles. The number of rotatable bonds is 9. The lowest BCUT2D eigenvalue weighted by Gasteiger charge is -2.35. The van der Waals surface area contributed by atoms with E-state index < -0.39 is 63.5 Å². The van der Waals surface area contributed by atoms with Gasteiger partial charge in [0.15, 0.2) is 9.84 Å². The van der Waals surface area contributed by atoms with Gasteiger partial charge in [-0.1, -0.05) is 51.1 Å². The summed E-state index contributed by atoms with van der Waals surface area (Å²) in [5, 5.41) is 16.2. The summed E-state index contributed by atoms with van der Waals surface area (Å²) in [5.74, 6) is -2.80. The highest BCUT2D eigenvalue weighted by Gasteiger charge is 2.42. The maximum absolute atomic E-state index is 13.7. The van der Waals surface area contributed by atoms with Gasteiger partial charge >= 0.3 is 5.97 Å². The van der Waals surface area contributed by atoms with E-state index in [1.165, 1.54) is 4.90 Å². The van der Waals surface area contributed by atoms with Crippen LogP contribution in [0.2, 0.25) is 0 Å². The number of nitrogens with zero attached hydrogens (tertiary/aromatic N) is 2. The molecule has 1 aliphatic heterocycles. The zero-order chi connectivity index (χ0) is 29.0. The molecule has 0 spiro atoms. The van der Waals surface area contributed by atoms with Crippen molar-refractivity contribution in [3.05, 3.63) is 53.6 Å². The van der Waals surface area contributed by atoms with Crippen LogP contribution in [0.4, 0.5) is 0 Å². The number of amides is 3. The van der Waals surface area contributed by atoms with Gasteiger partial charge in [0.1, 0.15) is 17.8 Å². The molecule has 210 valence electrons. The minimum atomic E-state index is -3.54. The number of aromatic nitrogens is 1. The Morgan fingerprint density at radius 2 is 1.82 bits per heavy atom. The van der Waals surface area contributed by atoms with E-state index in [1.807, 2.05) is 18.2 Å². The lowest BCUT2D eigenvalue weighted by atomic mass is 9.85. The van der Waals surface area contributed by atoms with E-state index in [0.717, 1.165) is 23.1 Å². The van der Waals surface area contributed by atoms with Crippen LogP contribution in [0, 0.1) is 5.41 Å². The number of fused-ring (bicyclic) bond motifs is 1. The van der Waals surface area contributed by atoms with Gasteiger partial charge in [0.2, 0.25) is 11.8 Å². The van der Waals surface area contributed by atoms with Crippen molar-refractivity contribution in [2.45, 2.75) is 58.2 Å². The van der Waals surface area contributed by atoms with Gasteiger partial charge < -0.3 is 20.6 Å². The number of pyridine rings is 1. The van der Waals surface area contributed by atoms with Crippen LogP contribution in [-0.2, 0) is 24.2 Å². The molecule has 0 aliphatic carbocycles. The predicted molar refractivity (Wildman–Crippen MR) is 145 cm³/mol. The lowest BCUT2D eigenvalue weighted by molar-refractivity contribution is -0.142. The van der Waals surface area contributed by atoms with Crippen molar-refractivity contribution in [3.63, 3.8) is 0 Å². The van der Waals surface area contributed by atoms with Gasteiger partial charge in [-0.15, -0.1) is 0 Å². The van der Waals surface area contributed by atoms with Crippen molar-refractivity contribution in [1.82, 2.24) is 20.5 Å². The third kappa shape index (κ3) is 8.09. The molecule has 1 fully saturated rings. The smallest absolute Gasteiger partial charge is 0.305 e. The van der Waals surface area contributed by atoms with E-state index in [-0.39, 0.29) is 12.2 Å². The van der Waals surface area contributed by atoms with Crippen LogP contribution >= 0.6 is 0 Å². The first-order valence-electron chi connectivity index (χ1n) is 12.5. The fraction of sp³-hybridized carbons (Fsp3) is 0.444. The Labute approximate surface area is 227 Å². The van der Waals surface area contributed by atoms with Gasteiger partial charge in [-0.25, -0.2) is 13.4 Å². The Hall–Kier alpha value is -3.80. The fourth-order valence-electron chi connectivity index (χ4n) is 4.39. The van der Waals surface area contributed by atoms with Crippen LogP contribution in [0.25, 0.3) is 10.9 Å². The second-order valence-electron chi connectivity index (χ2n) is 10.7. The summed E-state index contributed by atoms with van der Waals surface area (Å²) in [6, 6.07) is 7.74. The Kier molecular flexibility index (Phi) is 9.10. The van der Waals surface area contributed by atoms with Gasteiger partial charge in [0.25, 0.3) is 5.91 Å². The van der Waals surface area contributed by atoms with Crippen molar-refractivity contribution in [2.75, 3.05) is 12.8 Å². The predicted octanol–water partition coefficient (Wildman–Crippen LogP) is 1.89. The highest BCUT2D eigenvalue weighted by molar-refractivity contribution is 7.93. The van der Waals surface area contributed by atoms with E-state index in [1.54, 1.807) is 39.0 Å². The number of hydrogen-bond acceptors (Lipinski definition) is 7. The number of likely N-dealkylation sites (tertiary alicyclic amines) is 1. The number of benzene rings is 1. The van der Waals surface area contributed by atoms with Gasteiger partial charge in [0, 0.05) is 23.6 Å². The summed E-state index contributed by atoms with van der Waals surface area (Å²) in [4.78, 5) is 57.1. The minimum absolute atomic E-state index is 0.153. The normalized spacial score (nSPS) is 17.6. The maximum atomic E-state index is 13.7. The van der Waals surface area contributed by atoms with Crippen molar-refractivity contribution < 1.29 is 32.7 Å². The molecule has 0 bridgehead atoms. The molecule has 3 rings (SSSR count). The van der Waals surface area contributed by atoms with E-state index in [9.17, 15) is 32.7 Å². The number of nitrogens with one attached hydrogen (secondary N) is 2. The number of hydrogen-bond donors (Lipinski definition) is 3. The van der Waals surface area contributed by atoms with E-state index in [4.69, 9.17) is 0 Å². The Bertz CT molecular complexity index is 1400. The molecule has 2 aromatic rings. The second-order valence-corrected chi connectivity index (χ2v) is 12.7. The van der Waals surface area contributed by atoms with Crippen LogP contribution < -0.4 is 10.6 Å². The number of carboxylic acid groups (broad SMARTS) is 1. The molecular weight excluding hydrogens is 524 g/mol. The zero-order valence-corrected chi connectivity index (χ0v) is 23.2. The molecule has 1 aromatic heterocycles. The average Bonchev–Trinajstić information content (AvgIpc) is 3.34. The SMILES string of the molecule is CC(C)(C)[C@H](NC(=O)c1ccc2ccccc2n1)C(=O)N1CCC[C@@H]1C(=O)N[C@H](/C=C/S(C)(=O)=O)CC(=O)O. The summed E-state index contributed by atoms with van der Waals surface area (Å²) >= 11 is 0. The van der Waals surface area contributed by atoms with Crippen molar-refractivity contribution >= 4 is 44.4 Å². The van der Waals surface area contributed by atoms with Crippen LogP contribution in [0.1, 0.15) is 50.5 Å². The molecule has 11 nitrogen and oxygen atoms in total. The minimum Gasteiger partial charge on any atom is -0.481 e. The van der Waals surface area contributed by atoms with Crippen molar-refractivity contribution in [3.8, 4) is 0 Å². The summed E-state index contributed by atoms with van der Waals surface area (Å²) in [6.07, 6.45) is 2.40. The van der Waals surface area contributed by atoms with Crippen LogP contribution in [0.5, 0.6) is 0 Å². The Balaban J connectivity index is 1.79. The summed E-state index contributed by atoms with van der Waals surface area (Å²) in [7, 11) is -3.54. The van der Waals surface area contributed by atoms with E-state index in [0.29, 0.717) is 18.4 Å². The quantitative estimate of drug-likeness (QED) is 0.420. The van der Waals surface area contributed by atoms with Gasteiger partial charge in [-0.2, -0.15) is 0 Å². The lowest BCUT2D eigenvalue weighted by Crippen LogP contribution is -2.58. The molecule has 0 radical (unpaired) electrons. The second kappa shape index (κ2) is 11.9. The number of carbonyl (C=O) groups is 4. The highest BCUT2D eigenvalue weighted by Crippen LogP contribution is 2.26. The third-order valence-corrected chi connectivity index (χ3v) is 6.99. The number of para-hydroxylation sites is 1. The molecule has 3 amide bonds. The maximum Gasteiger partial charge on any atom is 0.305 e. The summed E-state index contributed by atoms with van der Waals surface area (Å²) in [6.45, 7) is 5.67. The molecule has 0 unspecified atom stereocenters. The largest absolute Gasteiger partial charge is 0.481 e. The first kappa shape index (κ1) is 29.8. The molecule has 3 N–H and O–H groups in total. The zero-order valence-electron chi connectivity index (χ0n) is 22.4. The summed E-state index contributed by atoms with van der Waals surface area (Å²) < 4.78 is 23.0. The third-order valence-electron chi connectivity index (χ3n) is 6.34. The monoisotopic (exact) mass is 558 g/mol.